The molecule has 1 aromatic carbocycles. The predicted molar refractivity (Wildman–Crippen MR) is 56.7 cm³/mol. The van der Waals surface area contributed by atoms with Gasteiger partial charge in [0.25, 0.3) is 0 Å². The third-order valence-electron chi connectivity index (χ3n) is 2.45. The Morgan fingerprint density at radius 1 is 1.43 bits per heavy atom. The van der Waals surface area contributed by atoms with Crippen molar-refractivity contribution in [3.8, 4) is 5.75 Å². The highest BCUT2D eigenvalue weighted by molar-refractivity contribution is 6.05. The molecule has 0 fully saturated rings. The molecule has 0 saturated carbocycles. The number of benzene rings is 1. The van der Waals surface area contributed by atoms with Crippen LogP contribution in [0.4, 0.5) is 0 Å². The molecule has 0 spiro atoms. The van der Waals surface area contributed by atoms with Crippen LogP contribution >= 0.6 is 0 Å². The number of hydrazone groups is 1. The van der Waals surface area contributed by atoms with Crippen LogP contribution in [0, 0.1) is 5.92 Å². The monoisotopic (exact) mass is 190 g/mol. The van der Waals surface area contributed by atoms with Crippen molar-refractivity contribution in [1.82, 2.24) is 5.43 Å². The summed E-state index contributed by atoms with van der Waals surface area (Å²) in [6.45, 7) is 3.07. The summed E-state index contributed by atoms with van der Waals surface area (Å²) < 4.78 is 5.30. The summed E-state index contributed by atoms with van der Waals surface area (Å²) in [7, 11) is 1.69. The summed E-state index contributed by atoms with van der Waals surface area (Å²) in [6.07, 6.45) is 0. The molecule has 2 rings (SSSR count). The topological polar surface area (TPSA) is 33.6 Å². The predicted octanol–water partition coefficient (Wildman–Crippen LogP) is 1.64. The molecule has 14 heavy (non-hydrogen) atoms. The van der Waals surface area contributed by atoms with E-state index in [0.717, 1.165) is 23.6 Å². The van der Waals surface area contributed by atoms with Gasteiger partial charge in [-0.05, 0) is 12.1 Å². The smallest absolute Gasteiger partial charge is 0.127 e. The largest absolute Gasteiger partial charge is 0.496 e. The lowest BCUT2D eigenvalue weighted by Gasteiger charge is -2.09. The maximum absolute atomic E-state index is 5.30. The third-order valence-corrected chi connectivity index (χ3v) is 2.45. The highest BCUT2D eigenvalue weighted by Gasteiger charge is 2.20. The van der Waals surface area contributed by atoms with Gasteiger partial charge in [0.1, 0.15) is 5.75 Å². The normalized spacial score (nSPS) is 20.1. The third kappa shape index (κ3) is 1.45. The van der Waals surface area contributed by atoms with Crippen molar-refractivity contribution < 1.29 is 4.74 Å². The molecule has 1 aromatic rings. The Kier molecular flexibility index (Phi) is 2.39. The highest BCUT2D eigenvalue weighted by Crippen LogP contribution is 2.22. The van der Waals surface area contributed by atoms with Gasteiger partial charge in [-0.1, -0.05) is 19.1 Å². The van der Waals surface area contributed by atoms with Gasteiger partial charge in [0.2, 0.25) is 0 Å². The van der Waals surface area contributed by atoms with Crippen LogP contribution in [0.3, 0.4) is 0 Å². The fourth-order valence-electron chi connectivity index (χ4n) is 1.66. The van der Waals surface area contributed by atoms with E-state index < -0.39 is 0 Å². The van der Waals surface area contributed by atoms with Gasteiger partial charge in [-0.25, -0.2) is 0 Å². The Bertz CT molecular complexity index is 360. The van der Waals surface area contributed by atoms with Crippen molar-refractivity contribution in [2.24, 2.45) is 11.0 Å². The number of rotatable bonds is 2. The SMILES string of the molecule is COc1ccccc1C1=NNCC1C. The van der Waals surface area contributed by atoms with Gasteiger partial charge in [-0.15, -0.1) is 0 Å². The zero-order valence-corrected chi connectivity index (χ0v) is 8.45. The molecule has 1 aliphatic heterocycles. The summed E-state index contributed by atoms with van der Waals surface area (Å²) in [4.78, 5) is 0. The second kappa shape index (κ2) is 3.70. The molecule has 0 amide bonds. The lowest BCUT2D eigenvalue weighted by atomic mass is 9.99. The number of nitrogens with one attached hydrogen (secondary N) is 1. The molecule has 3 heteroatoms. The Morgan fingerprint density at radius 3 is 2.86 bits per heavy atom. The summed E-state index contributed by atoms with van der Waals surface area (Å²) in [5, 5.41) is 4.28. The van der Waals surface area contributed by atoms with Crippen molar-refractivity contribution >= 4 is 5.71 Å². The molecule has 3 nitrogen and oxygen atoms in total. The summed E-state index contributed by atoms with van der Waals surface area (Å²) >= 11 is 0. The van der Waals surface area contributed by atoms with E-state index in [2.05, 4.69) is 17.5 Å². The van der Waals surface area contributed by atoms with Gasteiger partial charge in [0, 0.05) is 18.0 Å². The first-order chi connectivity index (χ1) is 6.83. The van der Waals surface area contributed by atoms with Crippen molar-refractivity contribution in [2.75, 3.05) is 13.7 Å². The van der Waals surface area contributed by atoms with Crippen LogP contribution in [-0.4, -0.2) is 19.4 Å². The molecule has 0 radical (unpaired) electrons. The second-order valence-corrected chi connectivity index (χ2v) is 3.46. The lowest BCUT2D eigenvalue weighted by Crippen LogP contribution is -2.13. The van der Waals surface area contributed by atoms with E-state index in [4.69, 9.17) is 4.74 Å². The van der Waals surface area contributed by atoms with Crippen LogP contribution in [-0.2, 0) is 0 Å². The molecule has 0 saturated heterocycles. The van der Waals surface area contributed by atoms with Gasteiger partial charge in [-0.2, -0.15) is 5.10 Å². The summed E-state index contributed by atoms with van der Waals surface area (Å²) in [5.74, 6) is 1.34. The van der Waals surface area contributed by atoms with E-state index in [1.807, 2.05) is 24.3 Å². The molecule has 0 bridgehead atoms. The number of methoxy groups -OCH3 is 1. The van der Waals surface area contributed by atoms with Crippen LogP contribution in [0.1, 0.15) is 12.5 Å². The quantitative estimate of drug-likeness (QED) is 0.769. The van der Waals surface area contributed by atoms with Gasteiger partial charge >= 0.3 is 0 Å². The average Bonchev–Trinajstić information content (AvgIpc) is 2.64. The Balaban J connectivity index is 2.40. The van der Waals surface area contributed by atoms with Gasteiger partial charge < -0.3 is 10.2 Å². The van der Waals surface area contributed by atoms with E-state index in [1.54, 1.807) is 7.11 Å². The van der Waals surface area contributed by atoms with E-state index in [9.17, 15) is 0 Å². The molecule has 0 aromatic heterocycles. The first-order valence-corrected chi connectivity index (χ1v) is 4.76. The molecule has 0 aliphatic carbocycles. The molecule has 1 heterocycles. The van der Waals surface area contributed by atoms with Crippen LogP contribution < -0.4 is 10.2 Å². The van der Waals surface area contributed by atoms with E-state index in [0.29, 0.717) is 5.92 Å². The number of hydrogen-bond donors (Lipinski definition) is 1. The number of hydrogen-bond acceptors (Lipinski definition) is 3. The number of para-hydroxylation sites is 1. The van der Waals surface area contributed by atoms with Gasteiger partial charge in [0.05, 0.1) is 12.8 Å². The van der Waals surface area contributed by atoms with Crippen LogP contribution in [0.25, 0.3) is 0 Å². The van der Waals surface area contributed by atoms with Gasteiger partial charge in [-0.3, -0.25) is 0 Å². The van der Waals surface area contributed by atoms with Crippen molar-refractivity contribution in [3.05, 3.63) is 29.8 Å². The van der Waals surface area contributed by atoms with E-state index in [1.165, 1.54) is 0 Å². The molecule has 1 N–H and O–H groups in total. The minimum atomic E-state index is 0.450. The van der Waals surface area contributed by atoms with Crippen molar-refractivity contribution in [1.29, 1.82) is 0 Å². The van der Waals surface area contributed by atoms with Crippen LogP contribution in [0.5, 0.6) is 5.75 Å². The van der Waals surface area contributed by atoms with Crippen LogP contribution in [0.2, 0.25) is 0 Å². The van der Waals surface area contributed by atoms with Crippen LogP contribution in [0.15, 0.2) is 29.4 Å². The molecule has 1 aliphatic rings. The maximum Gasteiger partial charge on any atom is 0.127 e. The molecule has 1 unspecified atom stereocenters. The van der Waals surface area contributed by atoms with Crippen molar-refractivity contribution in [3.63, 3.8) is 0 Å². The fourth-order valence-corrected chi connectivity index (χ4v) is 1.66. The fraction of sp³-hybridized carbons (Fsp3) is 0.364. The second-order valence-electron chi connectivity index (χ2n) is 3.46. The molecule has 74 valence electrons. The minimum absolute atomic E-state index is 0.450. The lowest BCUT2D eigenvalue weighted by molar-refractivity contribution is 0.413. The first-order valence-electron chi connectivity index (χ1n) is 4.76. The standard InChI is InChI=1S/C11H14N2O/c1-8-7-12-13-11(8)9-5-3-4-6-10(9)14-2/h3-6,8,12H,7H2,1-2H3. The zero-order chi connectivity index (χ0) is 9.97. The Hall–Kier alpha value is -1.51. The Labute approximate surface area is 83.8 Å². The number of nitrogens with zero attached hydrogens (tertiary/aromatic N) is 1. The molecular weight excluding hydrogens is 176 g/mol. The van der Waals surface area contributed by atoms with Crippen molar-refractivity contribution in [2.45, 2.75) is 6.92 Å². The highest BCUT2D eigenvalue weighted by atomic mass is 16.5. The zero-order valence-electron chi connectivity index (χ0n) is 8.45. The summed E-state index contributed by atoms with van der Waals surface area (Å²) in [5.41, 5.74) is 5.18. The van der Waals surface area contributed by atoms with E-state index in [-0.39, 0.29) is 0 Å². The van der Waals surface area contributed by atoms with E-state index >= 15 is 0 Å². The first kappa shape index (κ1) is 9.06. The Morgan fingerprint density at radius 2 is 2.21 bits per heavy atom. The average molecular weight is 190 g/mol. The molecular formula is C11H14N2O. The molecule has 1 atom stereocenters. The van der Waals surface area contributed by atoms with Gasteiger partial charge in [0.15, 0.2) is 0 Å². The number of ether oxygens (including phenoxy) is 1. The minimum Gasteiger partial charge on any atom is -0.496 e. The summed E-state index contributed by atoms with van der Waals surface area (Å²) in [6, 6.07) is 7.98. The maximum atomic E-state index is 5.30.